The Morgan fingerprint density at radius 1 is 1.20 bits per heavy atom. The van der Waals surface area contributed by atoms with Gasteiger partial charge in [-0.3, -0.25) is 9.59 Å². The number of hydrogen-bond acceptors (Lipinski definition) is 9. The molecule has 0 fully saturated rings. The molecule has 3 atom stereocenters. The number of Topliss-reactive ketones (excluding diaryl/α,β-unsaturated/α-hetero) is 1. The van der Waals surface area contributed by atoms with E-state index in [1.165, 1.54) is 20.3 Å². The van der Waals surface area contributed by atoms with Crippen LogP contribution in [0, 0.1) is 11.8 Å². The Morgan fingerprint density at radius 3 is 2.51 bits per heavy atom. The average Bonchev–Trinajstić information content (AvgIpc) is 2.80. The first-order chi connectivity index (χ1) is 16.6. The highest BCUT2D eigenvalue weighted by molar-refractivity contribution is 6.12. The van der Waals surface area contributed by atoms with Crippen molar-refractivity contribution in [3.8, 4) is 11.5 Å². The molecule has 3 rings (SSSR count). The number of aromatic hydroxyl groups is 1. The van der Waals surface area contributed by atoms with E-state index in [9.17, 15) is 19.5 Å². The fraction of sp³-hybridized carbons (Fsp3) is 0.500. The Kier molecular flexibility index (Phi) is 8.22. The van der Waals surface area contributed by atoms with Crippen molar-refractivity contribution in [1.82, 2.24) is 5.32 Å². The summed E-state index contributed by atoms with van der Waals surface area (Å²) in [6, 6.07) is 4.70. The Labute approximate surface area is 205 Å². The van der Waals surface area contributed by atoms with Gasteiger partial charge >= 0.3 is 11.9 Å². The Hall–Kier alpha value is -3.33. The van der Waals surface area contributed by atoms with Crippen LogP contribution in [0.5, 0.6) is 11.5 Å². The molecular weight excluding hydrogens is 454 g/mol. The van der Waals surface area contributed by atoms with Crippen molar-refractivity contribution in [3.63, 3.8) is 0 Å². The van der Waals surface area contributed by atoms with Gasteiger partial charge in [-0.25, -0.2) is 4.79 Å². The van der Waals surface area contributed by atoms with Crippen molar-refractivity contribution in [2.75, 3.05) is 27.4 Å². The molecule has 1 aliphatic carbocycles. The number of benzene rings is 1. The van der Waals surface area contributed by atoms with E-state index in [2.05, 4.69) is 5.32 Å². The topological polar surface area (TPSA) is 120 Å². The summed E-state index contributed by atoms with van der Waals surface area (Å²) in [6.07, 6.45) is 0.410. The maximum absolute atomic E-state index is 13.7. The minimum absolute atomic E-state index is 0.00848. The van der Waals surface area contributed by atoms with Gasteiger partial charge in [-0.15, -0.1) is 0 Å². The molecule has 9 nitrogen and oxygen atoms in total. The zero-order chi connectivity index (χ0) is 25.9. The molecule has 0 amide bonds. The van der Waals surface area contributed by atoms with Gasteiger partial charge in [-0.1, -0.05) is 13.0 Å². The fourth-order valence-electron chi connectivity index (χ4n) is 4.67. The molecule has 0 bridgehead atoms. The highest BCUT2D eigenvalue weighted by Gasteiger charge is 2.47. The lowest BCUT2D eigenvalue weighted by Crippen LogP contribution is -2.43. The Balaban J connectivity index is 2.08. The van der Waals surface area contributed by atoms with Gasteiger partial charge in [-0.05, 0) is 50.8 Å². The minimum atomic E-state index is -0.995. The molecule has 1 aromatic carbocycles. The number of nitrogens with one attached hydrogen (secondary N) is 1. The van der Waals surface area contributed by atoms with Crippen LogP contribution in [0.3, 0.4) is 0 Å². The smallest absolute Gasteiger partial charge is 0.336 e. The van der Waals surface area contributed by atoms with Gasteiger partial charge in [0.05, 0.1) is 32.5 Å². The predicted molar refractivity (Wildman–Crippen MR) is 127 cm³/mol. The van der Waals surface area contributed by atoms with Gasteiger partial charge in [0.1, 0.15) is 12.5 Å². The molecule has 0 aromatic heterocycles. The molecule has 1 aliphatic heterocycles. The summed E-state index contributed by atoms with van der Waals surface area (Å²) in [5.41, 5.74) is 2.19. The molecule has 0 spiro atoms. The number of phenols is 1. The lowest BCUT2D eigenvalue weighted by Gasteiger charge is -2.38. The van der Waals surface area contributed by atoms with Crippen molar-refractivity contribution in [3.05, 3.63) is 46.3 Å². The second-order valence-corrected chi connectivity index (χ2v) is 9.02. The van der Waals surface area contributed by atoms with E-state index in [-0.39, 0.29) is 42.3 Å². The van der Waals surface area contributed by atoms with Gasteiger partial charge < -0.3 is 29.4 Å². The van der Waals surface area contributed by atoms with Gasteiger partial charge in [0.15, 0.2) is 17.3 Å². The van der Waals surface area contributed by atoms with Gasteiger partial charge in [0, 0.05) is 22.9 Å². The highest BCUT2D eigenvalue weighted by atomic mass is 16.6. The average molecular weight is 488 g/mol. The zero-order valence-electron chi connectivity index (χ0n) is 21.0. The molecule has 190 valence electrons. The number of esters is 2. The van der Waals surface area contributed by atoms with E-state index >= 15 is 0 Å². The molecule has 1 aromatic rings. The Bertz CT molecular complexity index is 1070. The van der Waals surface area contributed by atoms with Gasteiger partial charge in [0.25, 0.3) is 0 Å². The number of carbonyl (C=O) groups is 3. The van der Waals surface area contributed by atoms with Crippen LogP contribution in [0.25, 0.3) is 0 Å². The first-order valence-corrected chi connectivity index (χ1v) is 11.6. The third-order valence-corrected chi connectivity index (χ3v) is 6.27. The third-order valence-electron chi connectivity index (χ3n) is 6.27. The number of ketones is 1. The monoisotopic (exact) mass is 487 g/mol. The van der Waals surface area contributed by atoms with E-state index < -0.39 is 29.6 Å². The molecule has 0 saturated carbocycles. The van der Waals surface area contributed by atoms with E-state index in [0.717, 1.165) is 0 Å². The number of ether oxygens (including phenoxy) is 4. The largest absolute Gasteiger partial charge is 0.504 e. The summed E-state index contributed by atoms with van der Waals surface area (Å²) in [6.45, 7) is 7.59. The van der Waals surface area contributed by atoms with Crippen molar-refractivity contribution >= 4 is 17.7 Å². The number of phenolic OH excluding ortho intramolecular Hbond substituents is 1. The minimum Gasteiger partial charge on any atom is -0.504 e. The van der Waals surface area contributed by atoms with Crippen LogP contribution in [0.15, 0.2) is 40.7 Å². The molecule has 0 saturated heterocycles. The number of hydrogen-bond donors (Lipinski definition) is 2. The van der Waals surface area contributed by atoms with E-state index in [1.54, 1.807) is 19.1 Å². The maximum atomic E-state index is 13.7. The van der Waals surface area contributed by atoms with Crippen LogP contribution in [-0.2, 0) is 28.6 Å². The molecule has 35 heavy (non-hydrogen) atoms. The summed E-state index contributed by atoms with van der Waals surface area (Å²) in [5, 5.41) is 13.7. The number of allylic oxidation sites excluding steroid dienone is 3. The van der Waals surface area contributed by atoms with Crippen LogP contribution in [0.2, 0.25) is 0 Å². The van der Waals surface area contributed by atoms with Gasteiger partial charge in [0.2, 0.25) is 0 Å². The van der Waals surface area contributed by atoms with E-state index in [1.807, 2.05) is 20.8 Å². The number of carbonyl (C=O) groups excluding carboxylic acids is 3. The van der Waals surface area contributed by atoms with E-state index in [0.29, 0.717) is 29.0 Å². The second-order valence-electron chi connectivity index (χ2n) is 9.02. The van der Waals surface area contributed by atoms with Crippen molar-refractivity contribution < 1.29 is 38.4 Å². The fourth-order valence-corrected chi connectivity index (χ4v) is 4.67. The molecule has 1 heterocycles. The van der Waals surface area contributed by atoms with Gasteiger partial charge in [-0.2, -0.15) is 0 Å². The van der Waals surface area contributed by atoms with Crippen molar-refractivity contribution in [2.24, 2.45) is 11.8 Å². The molecule has 9 heteroatoms. The molecule has 0 unspecified atom stereocenters. The summed E-state index contributed by atoms with van der Waals surface area (Å²) < 4.78 is 21.0. The summed E-state index contributed by atoms with van der Waals surface area (Å²) in [5.74, 6) is -3.67. The second kappa shape index (κ2) is 10.9. The number of methoxy groups -OCH3 is 2. The van der Waals surface area contributed by atoms with Crippen LogP contribution in [-0.4, -0.2) is 56.4 Å². The van der Waals surface area contributed by atoms with Crippen LogP contribution >= 0.6 is 0 Å². The normalized spacial score (nSPS) is 22.0. The lowest BCUT2D eigenvalue weighted by molar-refractivity contribution is -0.151. The maximum Gasteiger partial charge on any atom is 0.336 e. The summed E-state index contributed by atoms with van der Waals surface area (Å²) >= 11 is 0. The van der Waals surface area contributed by atoms with Crippen LogP contribution < -0.4 is 10.1 Å². The van der Waals surface area contributed by atoms with Crippen molar-refractivity contribution in [2.45, 2.75) is 46.1 Å². The predicted octanol–water partition coefficient (Wildman–Crippen LogP) is 2.98. The van der Waals surface area contributed by atoms with Crippen LogP contribution in [0.1, 0.15) is 45.6 Å². The van der Waals surface area contributed by atoms with Crippen molar-refractivity contribution in [1.29, 1.82) is 0 Å². The molecule has 0 radical (unpaired) electrons. The van der Waals surface area contributed by atoms with Crippen LogP contribution in [0.4, 0.5) is 0 Å². The first-order valence-electron chi connectivity index (χ1n) is 11.6. The summed E-state index contributed by atoms with van der Waals surface area (Å²) in [4.78, 5) is 39.5. The number of dihydropyridines is 1. The Morgan fingerprint density at radius 2 is 1.91 bits per heavy atom. The van der Waals surface area contributed by atoms with E-state index in [4.69, 9.17) is 18.9 Å². The standard InChI is InChI=1S/C26H33NO8/c1-13(2)34-9-10-35-26(31)21-15(4)27-17-11-14(3)20(25(30)33-6)24(29)23(17)22(21)16-7-8-19(32-5)18(28)12-16/h7-8,12-14,20,22,27-28H,9-11H2,1-6H3/t14-,20-,22+/m1/s1. The highest BCUT2D eigenvalue weighted by Crippen LogP contribution is 2.46. The SMILES string of the molecule is COC(=O)[C@H]1C(=O)C2=C(C[C@H]1C)NC(C)=C(C(=O)OCCOC(C)C)[C@@H]2c1ccc(OC)c(O)c1. The third kappa shape index (κ3) is 5.35. The zero-order valence-corrected chi connectivity index (χ0v) is 21.0. The quantitative estimate of drug-likeness (QED) is 0.324. The number of rotatable bonds is 8. The molecule has 2 N–H and O–H groups in total. The summed E-state index contributed by atoms with van der Waals surface area (Å²) in [7, 11) is 2.68. The molecule has 2 aliphatic rings. The lowest BCUT2D eigenvalue weighted by atomic mass is 9.69. The molecular formula is C26H33NO8. The first kappa shape index (κ1) is 26.3.